The highest BCUT2D eigenvalue weighted by molar-refractivity contribution is 7.85. The minimum Gasteiger partial charge on any atom is -0.478 e. The van der Waals surface area contributed by atoms with E-state index in [4.69, 9.17) is 5.11 Å². The third-order valence-electron chi connectivity index (χ3n) is 2.69. The second-order valence-electron chi connectivity index (χ2n) is 3.98. The summed E-state index contributed by atoms with van der Waals surface area (Å²) in [4.78, 5) is 15.3. The number of carbonyl (C=O) groups is 1. The number of aryl methyl sites for hydroxylation is 1. The molecule has 1 atom stereocenters. The van der Waals surface area contributed by atoms with Crippen molar-refractivity contribution in [3.8, 4) is 0 Å². The molecule has 0 saturated carbocycles. The summed E-state index contributed by atoms with van der Waals surface area (Å²) in [5, 5.41) is 8.78. The highest BCUT2D eigenvalue weighted by Crippen LogP contribution is 2.10. The molecule has 98 valence electrons. The minimum absolute atomic E-state index is 0.204. The van der Waals surface area contributed by atoms with Gasteiger partial charge >= 0.3 is 5.97 Å². The summed E-state index contributed by atoms with van der Waals surface area (Å²) in [6, 6.07) is 9.94. The van der Waals surface area contributed by atoms with Gasteiger partial charge in [0.25, 0.3) is 0 Å². The van der Waals surface area contributed by atoms with Crippen LogP contribution in [0.3, 0.4) is 0 Å². The molecule has 0 saturated heterocycles. The Labute approximate surface area is 113 Å². The molecule has 0 amide bonds. The van der Waals surface area contributed by atoms with Gasteiger partial charge in [-0.2, -0.15) is 0 Å². The van der Waals surface area contributed by atoms with E-state index in [9.17, 15) is 9.00 Å². The number of benzene rings is 1. The van der Waals surface area contributed by atoms with Crippen molar-refractivity contribution in [2.45, 2.75) is 11.3 Å². The zero-order valence-corrected chi connectivity index (χ0v) is 11.0. The topological polar surface area (TPSA) is 67.3 Å². The first-order valence-corrected chi connectivity index (χ1v) is 7.09. The van der Waals surface area contributed by atoms with Crippen molar-refractivity contribution in [3.63, 3.8) is 0 Å². The number of pyridine rings is 1. The van der Waals surface area contributed by atoms with Gasteiger partial charge in [0, 0.05) is 23.0 Å². The van der Waals surface area contributed by atoms with Gasteiger partial charge in [-0.1, -0.05) is 0 Å². The maximum atomic E-state index is 12.0. The Balaban J connectivity index is 1.98. The zero-order chi connectivity index (χ0) is 13.7. The largest absolute Gasteiger partial charge is 0.478 e. The summed E-state index contributed by atoms with van der Waals surface area (Å²) in [5.41, 5.74) is 1.29. The third-order valence-corrected chi connectivity index (χ3v) is 4.06. The number of aromatic carboxylic acids is 1. The first kappa shape index (κ1) is 13.4. The zero-order valence-electron chi connectivity index (χ0n) is 10.2. The summed E-state index contributed by atoms with van der Waals surface area (Å²) in [7, 11) is -1.12. The molecule has 1 aromatic heterocycles. The monoisotopic (exact) mass is 275 g/mol. The van der Waals surface area contributed by atoms with Crippen LogP contribution in [-0.4, -0.2) is 26.0 Å². The summed E-state index contributed by atoms with van der Waals surface area (Å²) in [5.74, 6) is -0.467. The molecule has 0 aliphatic heterocycles. The van der Waals surface area contributed by atoms with Crippen molar-refractivity contribution in [1.82, 2.24) is 4.98 Å². The highest BCUT2D eigenvalue weighted by Gasteiger charge is 2.06. The van der Waals surface area contributed by atoms with Crippen molar-refractivity contribution in [3.05, 3.63) is 59.9 Å². The number of hydrogen-bond donors (Lipinski definition) is 1. The summed E-state index contributed by atoms with van der Waals surface area (Å²) >= 11 is 0. The Morgan fingerprint density at radius 2 is 1.74 bits per heavy atom. The molecule has 19 heavy (non-hydrogen) atoms. The van der Waals surface area contributed by atoms with Gasteiger partial charge in [-0.05, 0) is 48.4 Å². The Morgan fingerprint density at radius 3 is 2.32 bits per heavy atom. The van der Waals surface area contributed by atoms with Gasteiger partial charge < -0.3 is 5.11 Å². The molecule has 0 fully saturated rings. The molecule has 0 radical (unpaired) electrons. The van der Waals surface area contributed by atoms with Crippen molar-refractivity contribution in [2.75, 3.05) is 5.75 Å². The van der Waals surface area contributed by atoms with Crippen LogP contribution in [0.25, 0.3) is 0 Å². The molecule has 0 spiro atoms. The van der Waals surface area contributed by atoms with Gasteiger partial charge in [0.15, 0.2) is 0 Å². The van der Waals surface area contributed by atoms with Crippen LogP contribution in [0.5, 0.6) is 0 Å². The lowest BCUT2D eigenvalue weighted by Crippen LogP contribution is -2.03. The maximum Gasteiger partial charge on any atom is 0.335 e. The second-order valence-corrected chi connectivity index (χ2v) is 5.56. The smallest absolute Gasteiger partial charge is 0.335 e. The molecule has 0 aliphatic rings. The fraction of sp³-hybridized carbons (Fsp3) is 0.143. The fourth-order valence-corrected chi connectivity index (χ4v) is 2.72. The van der Waals surface area contributed by atoms with Gasteiger partial charge in [-0.25, -0.2) is 4.79 Å². The number of aromatic nitrogens is 1. The van der Waals surface area contributed by atoms with E-state index in [1.807, 2.05) is 12.1 Å². The molecular weight excluding hydrogens is 262 g/mol. The Hall–Kier alpha value is -2.01. The van der Waals surface area contributed by atoms with Gasteiger partial charge in [-0.15, -0.1) is 0 Å². The molecule has 1 unspecified atom stereocenters. The van der Waals surface area contributed by atoms with Gasteiger partial charge in [0.05, 0.1) is 16.4 Å². The van der Waals surface area contributed by atoms with Crippen LogP contribution in [0.1, 0.15) is 15.9 Å². The van der Waals surface area contributed by atoms with Crippen LogP contribution < -0.4 is 0 Å². The van der Waals surface area contributed by atoms with Crippen LogP contribution in [0.15, 0.2) is 53.7 Å². The van der Waals surface area contributed by atoms with Gasteiger partial charge in [-0.3, -0.25) is 9.19 Å². The minimum atomic E-state index is -1.12. The standard InChI is InChI=1S/C14H13NO3S/c16-14(17)12-1-3-13(4-2-12)19(18)10-7-11-5-8-15-9-6-11/h1-6,8-9H,7,10H2,(H,16,17). The molecule has 0 aliphatic carbocycles. The SMILES string of the molecule is O=C(O)c1ccc(S(=O)CCc2ccncc2)cc1. The van der Waals surface area contributed by atoms with Crippen molar-refractivity contribution in [1.29, 1.82) is 0 Å². The second kappa shape index (κ2) is 6.24. The van der Waals surface area contributed by atoms with Crippen LogP contribution in [-0.2, 0) is 17.2 Å². The molecule has 1 N–H and O–H groups in total. The molecule has 2 aromatic rings. The predicted molar refractivity (Wildman–Crippen MR) is 72.6 cm³/mol. The number of rotatable bonds is 5. The summed E-state index contributed by atoms with van der Waals surface area (Å²) in [6.07, 6.45) is 4.12. The predicted octanol–water partition coefficient (Wildman–Crippen LogP) is 2.13. The molecule has 0 bridgehead atoms. The van der Waals surface area contributed by atoms with Crippen molar-refractivity contribution >= 4 is 16.8 Å². The number of hydrogen-bond acceptors (Lipinski definition) is 3. The average Bonchev–Trinajstić information content (AvgIpc) is 2.46. The van der Waals surface area contributed by atoms with Crippen LogP contribution in [0, 0.1) is 0 Å². The van der Waals surface area contributed by atoms with Gasteiger partial charge in [0.2, 0.25) is 0 Å². The first-order valence-electron chi connectivity index (χ1n) is 5.77. The third kappa shape index (κ3) is 3.72. The van der Waals surface area contributed by atoms with Crippen LogP contribution >= 0.6 is 0 Å². The number of nitrogens with zero attached hydrogens (tertiary/aromatic N) is 1. The van der Waals surface area contributed by atoms with E-state index in [0.29, 0.717) is 17.1 Å². The molecule has 1 aromatic carbocycles. The van der Waals surface area contributed by atoms with Crippen LogP contribution in [0.2, 0.25) is 0 Å². The Kier molecular flexibility index (Phi) is 4.41. The highest BCUT2D eigenvalue weighted by atomic mass is 32.2. The summed E-state index contributed by atoms with van der Waals surface area (Å²) in [6.45, 7) is 0. The molecule has 1 heterocycles. The first-order chi connectivity index (χ1) is 9.16. The Bertz CT molecular complexity index is 581. The van der Waals surface area contributed by atoms with E-state index in [1.54, 1.807) is 24.5 Å². The van der Waals surface area contributed by atoms with Crippen molar-refractivity contribution < 1.29 is 14.1 Å². The Morgan fingerprint density at radius 1 is 1.11 bits per heavy atom. The lowest BCUT2D eigenvalue weighted by atomic mass is 10.2. The number of carboxylic acid groups (broad SMARTS) is 1. The lowest BCUT2D eigenvalue weighted by Gasteiger charge is -2.03. The normalized spacial score (nSPS) is 12.0. The van der Waals surface area contributed by atoms with Crippen molar-refractivity contribution in [2.24, 2.45) is 0 Å². The molecule has 4 nitrogen and oxygen atoms in total. The van der Waals surface area contributed by atoms with E-state index in [0.717, 1.165) is 5.56 Å². The molecule has 2 rings (SSSR count). The van der Waals surface area contributed by atoms with Gasteiger partial charge in [0.1, 0.15) is 0 Å². The number of carboxylic acids is 1. The molecular formula is C14H13NO3S. The van der Waals surface area contributed by atoms with E-state index < -0.39 is 16.8 Å². The van der Waals surface area contributed by atoms with Crippen LogP contribution in [0.4, 0.5) is 0 Å². The maximum absolute atomic E-state index is 12.0. The fourth-order valence-electron chi connectivity index (χ4n) is 1.63. The molecule has 5 heteroatoms. The summed E-state index contributed by atoms with van der Waals surface area (Å²) < 4.78 is 12.0. The van der Waals surface area contributed by atoms with E-state index >= 15 is 0 Å². The van der Waals surface area contributed by atoms with E-state index in [2.05, 4.69) is 4.98 Å². The lowest BCUT2D eigenvalue weighted by molar-refractivity contribution is 0.0697. The average molecular weight is 275 g/mol. The van der Waals surface area contributed by atoms with E-state index in [-0.39, 0.29) is 5.56 Å². The van der Waals surface area contributed by atoms with E-state index in [1.165, 1.54) is 12.1 Å². The quantitative estimate of drug-likeness (QED) is 0.907.